The van der Waals surface area contributed by atoms with Gasteiger partial charge in [-0.15, -0.1) is 0 Å². The van der Waals surface area contributed by atoms with Gasteiger partial charge in [-0.05, 0) is 80.9 Å². The third-order valence-corrected chi connectivity index (χ3v) is 5.74. The van der Waals surface area contributed by atoms with Crippen LogP contribution in [0, 0.1) is 6.92 Å². The van der Waals surface area contributed by atoms with Crippen molar-refractivity contribution < 1.29 is 9.53 Å². The topological polar surface area (TPSA) is 59.4 Å². The number of nitrogens with zero attached hydrogens (tertiary/aromatic N) is 3. The third kappa shape index (κ3) is 5.14. The molecule has 0 bridgehead atoms. The van der Waals surface area contributed by atoms with Crippen LogP contribution in [0.4, 0.5) is 0 Å². The van der Waals surface area contributed by atoms with Crippen LogP contribution < -0.4 is 10.1 Å². The molecule has 1 N–H and O–H groups in total. The van der Waals surface area contributed by atoms with Crippen LogP contribution in [-0.2, 0) is 0 Å². The van der Waals surface area contributed by atoms with Crippen LogP contribution in [0.1, 0.15) is 35.3 Å². The van der Waals surface area contributed by atoms with Gasteiger partial charge >= 0.3 is 0 Å². The minimum absolute atomic E-state index is 0.106. The molecule has 162 valence electrons. The van der Waals surface area contributed by atoms with E-state index in [-0.39, 0.29) is 5.91 Å². The van der Waals surface area contributed by atoms with Crippen LogP contribution in [0.25, 0.3) is 16.9 Å². The molecule has 1 fully saturated rings. The molecule has 2 heterocycles. The number of methoxy groups -OCH3 is 1. The van der Waals surface area contributed by atoms with Gasteiger partial charge in [0.2, 0.25) is 0 Å². The standard InChI is InChI=1S/C25H30N4O2/c1-19-7-6-8-21(17-19)29-24(25(30)26-13-16-28-14-4-3-5-15-28)18-23(27-29)20-9-11-22(31-2)12-10-20/h6-12,17-18H,3-5,13-16H2,1-2H3,(H,26,30). The number of aryl methyl sites for hydroxylation is 1. The maximum Gasteiger partial charge on any atom is 0.270 e. The Bertz CT molecular complexity index is 1020. The third-order valence-electron chi connectivity index (χ3n) is 5.74. The van der Waals surface area contributed by atoms with Gasteiger partial charge in [-0.2, -0.15) is 5.10 Å². The largest absolute Gasteiger partial charge is 0.497 e. The van der Waals surface area contributed by atoms with Crippen molar-refractivity contribution in [2.45, 2.75) is 26.2 Å². The van der Waals surface area contributed by atoms with Crippen molar-refractivity contribution in [3.05, 3.63) is 65.9 Å². The van der Waals surface area contributed by atoms with E-state index in [1.165, 1.54) is 19.3 Å². The van der Waals surface area contributed by atoms with Gasteiger partial charge in [0.25, 0.3) is 5.91 Å². The number of carbonyl (C=O) groups is 1. The Labute approximate surface area is 183 Å². The molecule has 0 aliphatic carbocycles. The number of benzene rings is 2. The summed E-state index contributed by atoms with van der Waals surface area (Å²) < 4.78 is 6.99. The van der Waals surface area contributed by atoms with Crippen LogP contribution >= 0.6 is 0 Å². The van der Waals surface area contributed by atoms with Crippen LogP contribution in [0.5, 0.6) is 5.75 Å². The molecule has 1 aromatic heterocycles. The van der Waals surface area contributed by atoms with Crippen molar-refractivity contribution in [1.29, 1.82) is 0 Å². The number of carbonyl (C=O) groups excluding carboxylic acids is 1. The van der Waals surface area contributed by atoms with E-state index in [1.54, 1.807) is 11.8 Å². The minimum Gasteiger partial charge on any atom is -0.497 e. The summed E-state index contributed by atoms with van der Waals surface area (Å²) in [6, 6.07) is 17.6. The van der Waals surface area contributed by atoms with Gasteiger partial charge in [0.05, 0.1) is 18.5 Å². The average Bonchev–Trinajstić information content (AvgIpc) is 3.25. The second-order valence-electron chi connectivity index (χ2n) is 8.05. The molecule has 4 rings (SSSR count). The van der Waals surface area contributed by atoms with Crippen LogP contribution in [0.3, 0.4) is 0 Å². The smallest absolute Gasteiger partial charge is 0.270 e. The summed E-state index contributed by atoms with van der Waals surface area (Å²) in [7, 11) is 1.65. The van der Waals surface area contributed by atoms with Crippen molar-refractivity contribution in [2.24, 2.45) is 0 Å². The zero-order chi connectivity index (χ0) is 21.6. The fraction of sp³-hybridized carbons (Fsp3) is 0.360. The van der Waals surface area contributed by atoms with Crippen molar-refractivity contribution in [1.82, 2.24) is 20.0 Å². The number of ether oxygens (including phenoxy) is 1. The molecule has 1 amide bonds. The first-order valence-corrected chi connectivity index (χ1v) is 11.0. The fourth-order valence-electron chi connectivity index (χ4n) is 4.00. The van der Waals surface area contributed by atoms with Gasteiger partial charge in [0, 0.05) is 18.7 Å². The predicted octanol–water partition coefficient (Wildman–Crippen LogP) is 4.07. The number of rotatable bonds is 7. The lowest BCUT2D eigenvalue weighted by molar-refractivity contribution is 0.0939. The second kappa shape index (κ2) is 9.79. The van der Waals surface area contributed by atoms with E-state index in [0.717, 1.165) is 47.9 Å². The summed E-state index contributed by atoms with van der Waals surface area (Å²) in [6.07, 6.45) is 3.81. The van der Waals surface area contributed by atoms with Gasteiger partial charge in [0.1, 0.15) is 11.4 Å². The Hall–Kier alpha value is -3.12. The Balaban J connectivity index is 1.57. The van der Waals surface area contributed by atoms with Crippen molar-refractivity contribution >= 4 is 5.91 Å². The molecule has 1 saturated heterocycles. The highest BCUT2D eigenvalue weighted by molar-refractivity contribution is 5.94. The summed E-state index contributed by atoms with van der Waals surface area (Å²) >= 11 is 0. The number of amides is 1. The lowest BCUT2D eigenvalue weighted by Crippen LogP contribution is -2.38. The molecule has 3 aromatic rings. The molecule has 1 aliphatic heterocycles. The molecule has 0 radical (unpaired) electrons. The summed E-state index contributed by atoms with van der Waals surface area (Å²) in [5.41, 5.74) is 4.23. The molecule has 0 saturated carbocycles. The normalized spacial score (nSPS) is 14.4. The molecule has 6 heteroatoms. The molecule has 31 heavy (non-hydrogen) atoms. The Morgan fingerprint density at radius 1 is 1.06 bits per heavy atom. The molecule has 0 spiro atoms. The second-order valence-corrected chi connectivity index (χ2v) is 8.05. The number of hydrogen-bond donors (Lipinski definition) is 1. The van der Waals surface area contributed by atoms with E-state index in [0.29, 0.717) is 12.2 Å². The quantitative estimate of drug-likeness (QED) is 0.628. The first-order valence-electron chi connectivity index (χ1n) is 11.0. The highest BCUT2D eigenvalue weighted by atomic mass is 16.5. The highest BCUT2D eigenvalue weighted by Gasteiger charge is 2.18. The minimum atomic E-state index is -0.106. The van der Waals surface area contributed by atoms with Crippen molar-refractivity contribution in [3.63, 3.8) is 0 Å². The molecule has 6 nitrogen and oxygen atoms in total. The lowest BCUT2D eigenvalue weighted by Gasteiger charge is -2.26. The molecule has 0 unspecified atom stereocenters. The molecule has 0 atom stereocenters. The summed E-state index contributed by atoms with van der Waals surface area (Å²) in [6.45, 7) is 5.80. The number of nitrogens with one attached hydrogen (secondary N) is 1. The maximum atomic E-state index is 13.1. The van der Waals surface area contributed by atoms with Gasteiger partial charge < -0.3 is 15.0 Å². The molecular weight excluding hydrogens is 388 g/mol. The van der Waals surface area contributed by atoms with Crippen LogP contribution in [-0.4, -0.2) is 53.9 Å². The first-order chi connectivity index (χ1) is 15.1. The van der Waals surface area contributed by atoms with Gasteiger partial charge in [-0.3, -0.25) is 4.79 Å². The van der Waals surface area contributed by atoms with Gasteiger partial charge in [0.15, 0.2) is 0 Å². The first kappa shape index (κ1) is 21.1. The zero-order valence-corrected chi connectivity index (χ0v) is 18.3. The Morgan fingerprint density at radius 2 is 1.84 bits per heavy atom. The zero-order valence-electron chi connectivity index (χ0n) is 18.3. The van der Waals surface area contributed by atoms with E-state index in [4.69, 9.17) is 9.84 Å². The van der Waals surface area contributed by atoms with E-state index < -0.39 is 0 Å². The number of hydrogen-bond acceptors (Lipinski definition) is 4. The van der Waals surface area contributed by atoms with Crippen molar-refractivity contribution in [2.75, 3.05) is 33.3 Å². The predicted molar refractivity (Wildman–Crippen MR) is 123 cm³/mol. The maximum absolute atomic E-state index is 13.1. The molecule has 2 aromatic carbocycles. The number of piperidine rings is 1. The SMILES string of the molecule is COc1ccc(-c2cc(C(=O)NCCN3CCCCC3)n(-c3cccc(C)c3)n2)cc1. The van der Waals surface area contributed by atoms with E-state index in [2.05, 4.69) is 10.2 Å². The Morgan fingerprint density at radius 3 is 2.55 bits per heavy atom. The summed E-state index contributed by atoms with van der Waals surface area (Å²) in [5.74, 6) is 0.684. The van der Waals surface area contributed by atoms with Crippen LogP contribution in [0.15, 0.2) is 54.6 Å². The summed E-state index contributed by atoms with van der Waals surface area (Å²) in [4.78, 5) is 15.5. The summed E-state index contributed by atoms with van der Waals surface area (Å²) in [5, 5.41) is 7.86. The van der Waals surface area contributed by atoms with Gasteiger partial charge in [-0.1, -0.05) is 18.6 Å². The highest BCUT2D eigenvalue weighted by Crippen LogP contribution is 2.24. The van der Waals surface area contributed by atoms with Gasteiger partial charge in [-0.25, -0.2) is 4.68 Å². The average molecular weight is 419 g/mol. The fourth-order valence-corrected chi connectivity index (χ4v) is 4.00. The van der Waals surface area contributed by atoms with E-state index >= 15 is 0 Å². The molecule has 1 aliphatic rings. The lowest BCUT2D eigenvalue weighted by atomic mass is 10.1. The van der Waals surface area contributed by atoms with E-state index in [9.17, 15) is 4.79 Å². The van der Waals surface area contributed by atoms with Crippen LogP contribution in [0.2, 0.25) is 0 Å². The van der Waals surface area contributed by atoms with Crippen molar-refractivity contribution in [3.8, 4) is 22.7 Å². The Kier molecular flexibility index (Phi) is 6.67. The number of likely N-dealkylation sites (tertiary alicyclic amines) is 1. The number of aromatic nitrogens is 2. The monoisotopic (exact) mass is 418 g/mol. The molecular formula is C25H30N4O2. The van der Waals surface area contributed by atoms with E-state index in [1.807, 2.05) is 61.5 Å².